The van der Waals surface area contributed by atoms with E-state index in [1.165, 1.54) is 0 Å². The number of nitrogens with zero attached hydrogens (tertiary/aromatic N) is 2. The lowest BCUT2D eigenvalue weighted by Crippen LogP contribution is -2.00. The van der Waals surface area contributed by atoms with Crippen LogP contribution in [-0.2, 0) is 6.61 Å². The van der Waals surface area contributed by atoms with E-state index in [2.05, 4.69) is 4.98 Å². The number of nitriles is 1. The standard InChI is InChI=1S/C8H5ClF2N2O/c9-5-1-6(8(10)11)13-7(2-12)4(5)3-14/h1,8,14H,3H2. The highest BCUT2D eigenvalue weighted by Gasteiger charge is 2.15. The summed E-state index contributed by atoms with van der Waals surface area (Å²) in [5.74, 6) is 0. The minimum absolute atomic E-state index is 0.0681. The van der Waals surface area contributed by atoms with Crippen LogP contribution in [0.3, 0.4) is 0 Å². The Hall–Kier alpha value is -1.25. The van der Waals surface area contributed by atoms with E-state index >= 15 is 0 Å². The van der Waals surface area contributed by atoms with Gasteiger partial charge in [-0.2, -0.15) is 5.26 Å². The fraction of sp³-hybridized carbons (Fsp3) is 0.250. The third-order valence-electron chi connectivity index (χ3n) is 1.58. The molecule has 0 saturated carbocycles. The summed E-state index contributed by atoms with van der Waals surface area (Å²) in [7, 11) is 0. The highest BCUT2D eigenvalue weighted by Crippen LogP contribution is 2.25. The number of halogens is 3. The van der Waals surface area contributed by atoms with E-state index in [4.69, 9.17) is 22.0 Å². The number of aliphatic hydroxyl groups excluding tert-OH is 1. The molecule has 0 amide bonds. The van der Waals surface area contributed by atoms with E-state index in [0.29, 0.717) is 0 Å². The first-order chi connectivity index (χ1) is 6.60. The zero-order valence-electron chi connectivity index (χ0n) is 6.84. The first-order valence-electron chi connectivity index (χ1n) is 3.58. The van der Waals surface area contributed by atoms with E-state index in [9.17, 15) is 8.78 Å². The van der Waals surface area contributed by atoms with Gasteiger partial charge < -0.3 is 5.11 Å². The Bertz CT molecular complexity index is 390. The summed E-state index contributed by atoms with van der Waals surface area (Å²) < 4.78 is 24.4. The van der Waals surface area contributed by atoms with Gasteiger partial charge in [-0.25, -0.2) is 13.8 Å². The van der Waals surface area contributed by atoms with Crippen LogP contribution in [0, 0.1) is 11.3 Å². The molecule has 0 radical (unpaired) electrons. The van der Waals surface area contributed by atoms with Gasteiger partial charge in [0.25, 0.3) is 6.43 Å². The normalized spacial score (nSPS) is 10.3. The summed E-state index contributed by atoms with van der Waals surface area (Å²) in [6.07, 6.45) is -2.78. The molecule has 0 aliphatic heterocycles. The molecule has 1 rings (SSSR count). The average molecular weight is 219 g/mol. The van der Waals surface area contributed by atoms with Gasteiger partial charge in [-0.1, -0.05) is 11.6 Å². The Labute approximate surface area is 83.6 Å². The van der Waals surface area contributed by atoms with Crippen molar-refractivity contribution in [2.75, 3.05) is 0 Å². The van der Waals surface area contributed by atoms with E-state index in [1.54, 1.807) is 6.07 Å². The maximum atomic E-state index is 12.2. The molecular weight excluding hydrogens is 214 g/mol. The molecule has 0 aliphatic rings. The zero-order chi connectivity index (χ0) is 10.7. The zero-order valence-corrected chi connectivity index (χ0v) is 7.59. The van der Waals surface area contributed by atoms with Gasteiger partial charge in [0.2, 0.25) is 0 Å². The lowest BCUT2D eigenvalue weighted by molar-refractivity contribution is 0.146. The van der Waals surface area contributed by atoms with Gasteiger partial charge in [0, 0.05) is 5.56 Å². The van der Waals surface area contributed by atoms with Crippen molar-refractivity contribution < 1.29 is 13.9 Å². The molecule has 1 N–H and O–H groups in total. The SMILES string of the molecule is N#Cc1nc(C(F)F)cc(Cl)c1CO. The minimum atomic E-state index is -2.78. The van der Waals surface area contributed by atoms with Crippen LogP contribution in [0.4, 0.5) is 8.78 Å². The van der Waals surface area contributed by atoms with Crippen LogP contribution in [0.25, 0.3) is 0 Å². The molecule has 0 saturated heterocycles. The number of alkyl halides is 2. The molecule has 0 bridgehead atoms. The predicted molar refractivity (Wildman–Crippen MR) is 44.8 cm³/mol. The second-order valence-electron chi connectivity index (χ2n) is 2.43. The first kappa shape index (κ1) is 10.8. The summed E-state index contributed by atoms with van der Waals surface area (Å²) in [5, 5.41) is 17.3. The summed E-state index contributed by atoms with van der Waals surface area (Å²) in [5.41, 5.74) is -0.766. The number of rotatable bonds is 2. The Balaban J connectivity index is 3.33. The molecule has 1 aromatic heterocycles. The Morgan fingerprint density at radius 2 is 2.29 bits per heavy atom. The Morgan fingerprint density at radius 3 is 2.71 bits per heavy atom. The number of aromatic nitrogens is 1. The average Bonchev–Trinajstić information content (AvgIpc) is 2.16. The van der Waals surface area contributed by atoms with Crippen molar-refractivity contribution in [1.82, 2.24) is 4.98 Å². The second kappa shape index (κ2) is 4.31. The second-order valence-corrected chi connectivity index (χ2v) is 2.83. The van der Waals surface area contributed by atoms with E-state index in [1.807, 2.05) is 0 Å². The topological polar surface area (TPSA) is 56.9 Å². The van der Waals surface area contributed by atoms with Crippen molar-refractivity contribution in [3.05, 3.63) is 28.0 Å². The molecule has 0 unspecified atom stereocenters. The molecule has 6 heteroatoms. The quantitative estimate of drug-likeness (QED) is 0.826. The third kappa shape index (κ3) is 1.97. The van der Waals surface area contributed by atoms with Crippen molar-refractivity contribution in [3.63, 3.8) is 0 Å². The van der Waals surface area contributed by atoms with Gasteiger partial charge >= 0.3 is 0 Å². The van der Waals surface area contributed by atoms with E-state index in [0.717, 1.165) is 6.07 Å². The molecule has 74 valence electrons. The van der Waals surface area contributed by atoms with Crippen LogP contribution < -0.4 is 0 Å². The van der Waals surface area contributed by atoms with Crippen molar-refractivity contribution in [2.45, 2.75) is 13.0 Å². The van der Waals surface area contributed by atoms with Gasteiger partial charge in [0.1, 0.15) is 17.5 Å². The van der Waals surface area contributed by atoms with Crippen molar-refractivity contribution in [1.29, 1.82) is 5.26 Å². The smallest absolute Gasteiger partial charge is 0.280 e. The first-order valence-corrected chi connectivity index (χ1v) is 3.96. The fourth-order valence-electron chi connectivity index (χ4n) is 0.914. The Morgan fingerprint density at radius 1 is 1.64 bits per heavy atom. The molecular formula is C8H5ClF2N2O. The molecule has 1 aromatic rings. The molecule has 14 heavy (non-hydrogen) atoms. The van der Waals surface area contributed by atoms with Crippen molar-refractivity contribution in [2.24, 2.45) is 0 Å². The van der Waals surface area contributed by atoms with Gasteiger partial charge in [0.15, 0.2) is 0 Å². The van der Waals surface area contributed by atoms with Gasteiger partial charge in [0.05, 0.1) is 11.6 Å². The van der Waals surface area contributed by atoms with Crippen molar-refractivity contribution in [3.8, 4) is 6.07 Å². The summed E-state index contributed by atoms with van der Waals surface area (Å²) in [6, 6.07) is 2.54. The van der Waals surface area contributed by atoms with Gasteiger partial charge in [-0.3, -0.25) is 0 Å². The fourth-order valence-corrected chi connectivity index (χ4v) is 1.17. The number of pyridine rings is 1. The summed E-state index contributed by atoms with van der Waals surface area (Å²) >= 11 is 5.57. The molecule has 0 aliphatic carbocycles. The van der Waals surface area contributed by atoms with Crippen LogP contribution in [0.2, 0.25) is 5.02 Å². The molecule has 3 nitrogen and oxygen atoms in total. The third-order valence-corrected chi connectivity index (χ3v) is 1.91. The number of hydrogen-bond donors (Lipinski definition) is 1. The minimum Gasteiger partial charge on any atom is -0.392 e. The predicted octanol–water partition coefficient (Wildman–Crippen LogP) is 2.04. The van der Waals surface area contributed by atoms with Gasteiger partial charge in [-0.15, -0.1) is 0 Å². The molecule has 0 fully saturated rings. The molecule has 0 spiro atoms. The maximum absolute atomic E-state index is 12.2. The molecule has 1 heterocycles. The lowest BCUT2D eigenvalue weighted by Gasteiger charge is -2.05. The van der Waals surface area contributed by atoms with Crippen LogP contribution in [0.15, 0.2) is 6.07 Å². The van der Waals surface area contributed by atoms with Crippen LogP contribution in [0.5, 0.6) is 0 Å². The highest BCUT2D eigenvalue weighted by atomic mass is 35.5. The van der Waals surface area contributed by atoms with Crippen LogP contribution in [0.1, 0.15) is 23.4 Å². The lowest BCUT2D eigenvalue weighted by atomic mass is 10.2. The largest absolute Gasteiger partial charge is 0.392 e. The Kier molecular flexibility index (Phi) is 3.33. The van der Waals surface area contributed by atoms with Gasteiger partial charge in [-0.05, 0) is 6.07 Å². The van der Waals surface area contributed by atoms with Crippen LogP contribution >= 0.6 is 11.6 Å². The maximum Gasteiger partial charge on any atom is 0.280 e. The van der Waals surface area contributed by atoms with Crippen molar-refractivity contribution >= 4 is 11.6 Å². The highest BCUT2D eigenvalue weighted by molar-refractivity contribution is 6.31. The van der Waals surface area contributed by atoms with E-state index < -0.39 is 18.7 Å². The summed E-state index contributed by atoms with van der Waals surface area (Å²) in [6.45, 7) is -0.502. The van der Waals surface area contributed by atoms with Crippen LogP contribution in [-0.4, -0.2) is 10.1 Å². The number of aliphatic hydroxyl groups is 1. The van der Waals surface area contributed by atoms with E-state index in [-0.39, 0.29) is 16.3 Å². The monoisotopic (exact) mass is 218 g/mol. The summed E-state index contributed by atoms with van der Waals surface area (Å²) in [4.78, 5) is 3.37. The molecule has 0 aromatic carbocycles. The number of hydrogen-bond acceptors (Lipinski definition) is 3. The molecule has 0 atom stereocenters.